The van der Waals surface area contributed by atoms with Gasteiger partial charge in [0.25, 0.3) is 0 Å². The van der Waals surface area contributed by atoms with Crippen LogP contribution in [0.1, 0.15) is 0 Å². The fourth-order valence-corrected chi connectivity index (χ4v) is 1.43. The summed E-state index contributed by atoms with van der Waals surface area (Å²) < 4.78 is 20.3. The van der Waals surface area contributed by atoms with Crippen molar-refractivity contribution in [3.05, 3.63) is 12.1 Å². The van der Waals surface area contributed by atoms with Gasteiger partial charge in [-0.1, -0.05) is 0 Å². The van der Waals surface area contributed by atoms with Gasteiger partial charge in [-0.15, -0.1) is 0 Å². The van der Waals surface area contributed by atoms with Crippen LogP contribution in [0, 0.1) is 0 Å². The number of hydrogen-bond acceptors (Lipinski definition) is 7. The molecule has 0 amide bonds. The predicted octanol–water partition coefficient (Wildman–Crippen LogP) is 0.847. The van der Waals surface area contributed by atoms with Gasteiger partial charge in [0, 0.05) is 7.11 Å². The van der Waals surface area contributed by atoms with Crippen LogP contribution in [0.2, 0.25) is 0 Å². The Labute approximate surface area is 104 Å². The van der Waals surface area contributed by atoms with Gasteiger partial charge < -0.3 is 19.9 Å². The number of fused-ring (bicyclic) bond motifs is 1. The van der Waals surface area contributed by atoms with Crippen LogP contribution in [0.3, 0.4) is 0 Å². The molecular formula is C11H15N3O4. The molecule has 0 fully saturated rings. The number of nitrogen functional groups attached to an aromatic ring is 1. The van der Waals surface area contributed by atoms with Crippen LogP contribution >= 0.6 is 0 Å². The number of hydrogen-bond donors (Lipinski definition) is 1. The molecule has 1 heterocycles. The van der Waals surface area contributed by atoms with Crippen LogP contribution in [-0.2, 0) is 9.47 Å². The van der Waals surface area contributed by atoms with Crippen molar-refractivity contribution in [2.75, 3.05) is 39.3 Å². The normalized spacial score (nSPS) is 10.9. The van der Waals surface area contributed by atoms with E-state index in [0.717, 1.165) is 0 Å². The summed E-state index contributed by atoms with van der Waals surface area (Å²) in [6.07, 6.45) is 0. The second kappa shape index (κ2) is 6.18. The Morgan fingerprint density at radius 3 is 2.72 bits per heavy atom. The molecule has 0 saturated carbocycles. The summed E-state index contributed by atoms with van der Waals surface area (Å²) in [7, 11) is 1.63. The van der Waals surface area contributed by atoms with Crippen molar-refractivity contribution >= 4 is 16.7 Å². The van der Waals surface area contributed by atoms with Gasteiger partial charge in [-0.05, 0) is 22.4 Å². The van der Waals surface area contributed by atoms with Gasteiger partial charge in [-0.2, -0.15) is 0 Å². The maximum absolute atomic E-state index is 5.72. The molecule has 0 atom stereocenters. The Hall–Kier alpha value is -1.86. The topological polar surface area (TPSA) is 92.6 Å². The highest BCUT2D eigenvalue weighted by Gasteiger charge is 2.10. The number of aromatic nitrogens is 2. The van der Waals surface area contributed by atoms with Crippen molar-refractivity contribution in [3.8, 4) is 5.75 Å². The van der Waals surface area contributed by atoms with Crippen LogP contribution in [0.15, 0.2) is 16.8 Å². The van der Waals surface area contributed by atoms with Crippen molar-refractivity contribution in [1.82, 2.24) is 10.3 Å². The average Bonchev–Trinajstić information content (AvgIpc) is 2.86. The summed E-state index contributed by atoms with van der Waals surface area (Å²) >= 11 is 0. The molecule has 2 aromatic rings. The van der Waals surface area contributed by atoms with Crippen LogP contribution in [-0.4, -0.2) is 43.9 Å². The smallest absolute Gasteiger partial charge is 0.179 e. The third kappa shape index (κ3) is 2.88. The minimum absolute atomic E-state index is 0.412. The van der Waals surface area contributed by atoms with Crippen molar-refractivity contribution < 1.29 is 18.8 Å². The van der Waals surface area contributed by atoms with E-state index in [2.05, 4.69) is 14.9 Å². The van der Waals surface area contributed by atoms with E-state index in [-0.39, 0.29) is 0 Å². The molecule has 0 spiro atoms. The summed E-state index contributed by atoms with van der Waals surface area (Å²) in [5, 5.41) is 7.46. The van der Waals surface area contributed by atoms with Crippen LogP contribution in [0.5, 0.6) is 5.75 Å². The molecule has 0 aliphatic heterocycles. The van der Waals surface area contributed by atoms with E-state index < -0.39 is 0 Å². The molecule has 2 rings (SSSR count). The van der Waals surface area contributed by atoms with Crippen LogP contribution in [0.25, 0.3) is 11.0 Å². The van der Waals surface area contributed by atoms with E-state index in [1.165, 1.54) is 0 Å². The maximum Gasteiger partial charge on any atom is 0.179 e. The molecule has 7 nitrogen and oxygen atoms in total. The quantitative estimate of drug-likeness (QED) is 0.577. The van der Waals surface area contributed by atoms with Crippen LogP contribution in [0.4, 0.5) is 5.69 Å². The minimum atomic E-state index is 0.412. The summed E-state index contributed by atoms with van der Waals surface area (Å²) in [5.41, 5.74) is 7.26. The SMILES string of the molecule is COCCOCCOc1ccc(N)c2nonc12. The zero-order chi connectivity index (χ0) is 12.8. The summed E-state index contributed by atoms with van der Waals surface area (Å²) in [6.45, 7) is 2.00. The average molecular weight is 253 g/mol. The summed E-state index contributed by atoms with van der Waals surface area (Å²) in [5.74, 6) is 0.579. The highest BCUT2D eigenvalue weighted by Crippen LogP contribution is 2.26. The minimum Gasteiger partial charge on any atom is -0.489 e. The van der Waals surface area contributed by atoms with Gasteiger partial charge in [-0.3, -0.25) is 0 Å². The molecule has 0 bridgehead atoms. The fraction of sp³-hybridized carbons (Fsp3) is 0.455. The molecule has 0 aliphatic rings. The van der Waals surface area contributed by atoms with E-state index in [9.17, 15) is 0 Å². The first-order valence-corrected chi connectivity index (χ1v) is 5.53. The van der Waals surface area contributed by atoms with Gasteiger partial charge in [0.15, 0.2) is 16.8 Å². The number of ether oxygens (including phenoxy) is 3. The molecule has 0 unspecified atom stereocenters. The lowest BCUT2D eigenvalue weighted by molar-refractivity contribution is 0.0546. The third-order valence-electron chi connectivity index (χ3n) is 2.33. The molecule has 0 aliphatic carbocycles. The highest BCUT2D eigenvalue weighted by atomic mass is 16.6. The van der Waals surface area contributed by atoms with Gasteiger partial charge in [-0.25, -0.2) is 4.63 Å². The Morgan fingerprint density at radius 1 is 1.11 bits per heavy atom. The maximum atomic E-state index is 5.72. The standard InChI is InChI=1S/C11H15N3O4/c1-15-4-5-16-6-7-17-9-3-2-8(12)10-11(9)14-18-13-10/h2-3H,4-7,12H2,1H3. The molecule has 7 heteroatoms. The van der Waals surface area contributed by atoms with Crippen molar-refractivity contribution in [2.45, 2.75) is 0 Å². The lowest BCUT2D eigenvalue weighted by Gasteiger charge is -2.07. The van der Waals surface area contributed by atoms with Gasteiger partial charge in [0.05, 0.1) is 25.5 Å². The molecule has 0 saturated heterocycles. The molecule has 2 N–H and O–H groups in total. The second-order valence-corrected chi connectivity index (χ2v) is 3.57. The van der Waals surface area contributed by atoms with Gasteiger partial charge in [0.1, 0.15) is 6.61 Å². The predicted molar refractivity (Wildman–Crippen MR) is 64.4 cm³/mol. The number of methoxy groups -OCH3 is 1. The number of benzene rings is 1. The first kappa shape index (κ1) is 12.6. The van der Waals surface area contributed by atoms with E-state index in [1.54, 1.807) is 19.2 Å². The summed E-state index contributed by atoms with van der Waals surface area (Å²) in [6, 6.07) is 3.44. The highest BCUT2D eigenvalue weighted by molar-refractivity contribution is 5.90. The van der Waals surface area contributed by atoms with E-state index in [1.807, 2.05) is 0 Å². The number of nitrogens with zero attached hydrogens (tertiary/aromatic N) is 2. The van der Waals surface area contributed by atoms with E-state index >= 15 is 0 Å². The van der Waals surface area contributed by atoms with Crippen LogP contribution < -0.4 is 10.5 Å². The third-order valence-corrected chi connectivity index (χ3v) is 2.33. The van der Waals surface area contributed by atoms with E-state index in [4.69, 9.17) is 19.9 Å². The number of nitrogens with two attached hydrogens (primary N) is 1. The van der Waals surface area contributed by atoms with Crippen molar-refractivity contribution in [1.29, 1.82) is 0 Å². The number of rotatable bonds is 7. The Balaban J connectivity index is 1.88. The largest absolute Gasteiger partial charge is 0.489 e. The van der Waals surface area contributed by atoms with Crippen molar-refractivity contribution in [3.63, 3.8) is 0 Å². The Morgan fingerprint density at radius 2 is 1.89 bits per heavy atom. The molecule has 98 valence electrons. The second-order valence-electron chi connectivity index (χ2n) is 3.57. The number of anilines is 1. The van der Waals surface area contributed by atoms with E-state index in [0.29, 0.717) is 48.9 Å². The first-order chi connectivity index (χ1) is 8.83. The Kier molecular flexibility index (Phi) is 4.32. The molecular weight excluding hydrogens is 238 g/mol. The summed E-state index contributed by atoms with van der Waals surface area (Å²) in [4.78, 5) is 0. The lowest BCUT2D eigenvalue weighted by Crippen LogP contribution is -2.10. The molecule has 1 aromatic heterocycles. The molecule has 18 heavy (non-hydrogen) atoms. The molecule has 1 aromatic carbocycles. The monoisotopic (exact) mass is 253 g/mol. The van der Waals surface area contributed by atoms with Crippen molar-refractivity contribution in [2.24, 2.45) is 0 Å². The fourth-order valence-electron chi connectivity index (χ4n) is 1.43. The van der Waals surface area contributed by atoms with Gasteiger partial charge >= 0.3 is 0 Å². The molecule has 0 radical (unpaired) electrons. The first-order valence-electron chi connectivity index (χ1n) is 5.53. The Bertz CT molecular complexity index is 500. The van der Waals surface area contributed by atoms with Gasteiger partial charge in [0.2, 0.25) is 0 Å². The zero-order valence-corrected chi connectivity index (χ0v) is 10.1. The lowest BCUT2D eigenvalue weighted by atomic mass is 10.2. The zero-order valence-electron chi connectivity index (χ0n) is 10.1.